The van der Waals surface area contributed by atoms with Gasteiger partial charge in [0.05, 0.1) is 5.02 Å². The second-order valence-electron chi connectivity index (χ2n) is 6.31. The molecule has 0 radical (unpaired) electrons. The van der Waals surface area contributed by atoms with Crippen LogP contribution >= 0.6 is 11.6 Å². The van der Waals surface area contributed by atoms with Gasteiger partial charge in [-0.05, 0) is 35.4 Å². The van der Waals surface area contributed by atoms with Gasteiger partial charge in [-0.3, -0.25) is 4.79 Å². The minimum absolute atomic E-state index is 0.239. The molecule has 0 saturated carbocycles. The number of fused-ring (bicyclic) bond motifs is 1. The number of aryl methyl sites for hydroxylation is 1. The van der Waals surface area contributed by atoms with Gasteiger partial charge in [0.2, 0.25) is 0 Å². The maximum Gasteiger partial charge on any atom is 0.257 e. The van der Waals surface area contributed by atoms with E-state index in [0.29, 0.717) is 34.1 Å². The number of hydrogen-bond donors (Lipinski definition) is 1. The summed E-state index contributed by atoms with van der Waals surface area (Å²) in [6.07, 6.45) is 0. The first-order chi connectivity index (χ1) is 13.1. The van der Waals surface area contributed by atoms with Crippen molar-refractivity contribution in [1.29, 1.82) is 0 Å². The van der Waals surface area contributed by atoms with Crippen LogP contribution in [-0.2, 0) is 6.54 Å². The molecule has 1 amide bonds. The van der Waals surface area contributed by atoms with Crippen LogP contribution in [0.4, 0.5) is 0 Å². The smallest absolute Gasteiger partial charge is 0.257 e. The van der Waals surface area contributed by atoms with Crippen LogP contribution in [0.5, 0.6) is 0 Å². The van der Waals surface area contributed by atoms with Crippen molar-refractivity contribution < 1.29 is 9.32 Å². The van der Waals surface area contributed by atoms with Crippen molar-refractivity contribution in [2.24, 2.45) is 0 Å². The molecule has 4 nitrogen and oxygen atoms in total. The first-order valence-corrected chi connectivity index (χ1v) is 8.98. The Morgan fingerprint density at radius 1 is 1.04 bits per heavy atom. The van der Waals surface area contributed by atoms with Gasteiger partial charge in [-0.2, -0.15) is 0 Å². The van der Waals surface area contributed by atoms with Crippen molar-refractivity contribution in [1.82, 2.24) is 10.5 Å². The van der Waals surface area contributed by atoms with Crippen molar-refractivity contribution in [3.8, 4) is 11.3 Å². The van der Waals surface area contributed by atoms with Crippen LogP contribution in [0.15, 0.2) is 71.3 Å². The average Bonchev–Trinajstić information content (AvgIpc) is 3.07. The fourth-order valence-electron chi connectivity index (χ4n) is 3.10. The van der Waals surface area contributed by atoms with Gasteiger partial charge in [-0.15, -0.1) is 0 Å². The molecule has 0 fully saturated rings. The number of carbonyl (C=O) groups excluding carboxylic acids is 1. The van der Waals surface area contributed by atoms with Gasteiger partial charge in [-0.1, -0.05) is 71.4 Å². The molecule has 0 bridgehead atoms. The van der Waals surface area contributed by atoms with Gasteiger partial charge in [0.25, 0.3) is 5.91 Å². The summed E-state index contributed by atoms with van der Waals surface area (Å²) in [5.41, 5.74) is 2.56. The van der Waals surface area contributed by atoms with E-state index in [1.54, 1.807) is 13.0 Å². The molecule has 0 saturated heterocycles. The topological polar surface area (TPSA) is 55.1 Å². The number of hydrogen-bond acceptors (Lipinski definition) is 3. The van der Waals surface area contributed by atoms with Gasteiger partial charge in [-0.25, -0.2) is 0 Å². The summed E-state index contributed by atoms with van der Waals surface area (Å²) in [5, 5.41) is 9.83. The van der Waals surface area contributed by atoms with Crippen LogP contribution in [0.25, 0.3) is 22.0 Å². The molecular formula is C22H17ClN2O2. The maximum atomic E-state index is 12.8. The van der Waals surface area contributed by atoms with E-state index in [1.807, 2.05) is 36.4 Å². The van der Waals surface area contributed by atoms with E-state index in [4.69, 9.17) is 16.1 Å². The summed E-state index contributed by atoms with van der Waals surface area (Å²) in [6, 6.07) is 21.5. The molecule has 0 aliphatic heterocycles. The molecule has 1 heterocycles. The maximum absolute atomic E-state index is 12.8. The Morgan fingerprint density at radius 3 is 2.59 bits per heavy atom. The van der Waals surface area contributed by atoms with Gasteiger partial charge in [0.15, 0.2) is 0 Å². The fourth-order valence-corrected chi connectivity index (χ4v) is 3.32. The molecule has 0 spiro atoms. The summed E-state index contributed by atoms with van der Waals surface area (Å²) in [7, 11) is 0. The molecule has 0 unspecified atom stereocenters. The van der Waals surface area contributed by atoms with E-state index >= 15 is 0 Å². The van der Waals surface area contributed by atoms with E-state index in [9.17, 15) is 4.79 Å². The largest absolute Gasteiger partial charge is 0.360 e. The molecular weight excluding hydrogens is 360 g/mol. The van der Waals surface area contributed by atoms with E-state index in [1.165, 1.54) is 5.39 Å². The van der Waals surface area contributed by atoms with Crippen molar-refractivity contribution in [3.05, 3.63) is 88.6 Å². The summed E-state index contributed by atoms with van der Waals surface area (Å²) in [4.78, 5) is 12.8. The molecule has 27 heavy (non-hydrogen) atoms. The standard InChI is InChI=1S/C22H17ClN2O2/c1-14-20(21(25-27-14)18-8-4-5-9-19(18)23)22(26)24-13-15-10-11-16-6-2-3-7-17(16)12-15/h2-12H,13H2,1H3,(H,24,26). The molecule has 4 aromatic rings. The zero-order valence-electron chi connectivity index (χ0n) is 14.7. The quantitative estimate of drug-likeness (QED) is 0.519. The highest BCUT2D eigenvalue weighted by atomic mass is 35.5. The molecule has 1 aromatic heterocycles. The van der Waals surface area contributed by atoms with Crippen LogP contribution in [0.2, 0.25) is 5.02 Å². The van der Waals surface area contributed by atoms with Crippen molar-refractivity contribution >= 4 is 28.3 Å². The number of halogens is 1. The van der Waals surface area contributed by atoms with Crippen LogP contribution in [0.1, 0.15) is 21.7 Å². The second kappa shape index (κ2) is 7.25. The lowest BCUT2D eigenvalue weighted by atomic mass is 10.0. The third kappa shape index (κ3) is 3.44. The Balaban J connectivity index is 1.58. The minimum Gasteiger partial charge on any atom is -0.360 e. The Kier molecular flexibility index (Phi) is 4.65. The van der Waals surface area contributed by atoms with E-state index in [0.717, 1.165) is 10.9 Å². The zero-order valence-corrected chi connectivity index (χ0v) is 15.5. The number of benzene rings is 3. The Morgan fingerprint density at radius 2 is 1.78 bits per heavy atom. The number of nitrogens with zero attached hydrogens (tertiary/aromatic N) is 1. The molecule has 134 valence electrons. The Bertz CT molecular complexity index is 1130. The second-order valence-corrected chi connectivity index (χ2v) is 6.71. The third-order valence-electron chi connectivity index (χ3n) is 4.49. The molecule has 0 atom stereocenters. The van der Waals surface area contributed by atoms with Crippen molar-refractivity contribution in [2.45, 2.75) is 13.5 Å². The van der Waals surface area contributed by atoms with Gasteiger partial charge in [0.1, 0.15) is 17.0 Å². The highest BCUT2D eigenvalue weighted by molar-refractivity contribution is 6.33. The van der Waals surface area contributed by atoms with Crippen LogP contribution in [0.3, 0.4) is 0 Å². The molecule has 0 aliphatic rings. The van der Waals surface area contributed by atoms with Gasteiger partial charge < -0.3 is 9.84 Å². The predicted octanol–water partition coefficient (Wildman–Crippen LogP) is 5.39. The number of aromatic nitrogens is 1. The SMILES string of the molecule is Cc1onc(-c2ccccc2Cl)c1C(=O)NCc1ccc2ccccc2c1. The first-order valence-electron chi connectivity index (χ1n) is 8.60. The summed E-state index contributed by atoms with van der Waals surface area (Å²) in [5.74, 6) is 0.220. The molecule has 3 aromatic carbocycles. The number of amides is 1. The highest BCUT2D eigenvalue weighted by Crippen LogP contribution is 2.31. The third-order valence-corrected chi connectivity index (χ3v) is 4.82. The lowest BCUT2D eigenvalue weighted by molar-refractivity contribution is 0.0950. The predicted molar refractivity (Wildman–Crippen MR) is 107 cm³/mol. The van der Waals surface area contributed by atoms with Crippen LogP contribution < -0.4 is 5.32 Å². The van der Waals surface area contributed by atoms with E-state index in [2.05, 4.69) is 34.7 Å². The van der Waals surface area contributed by atoms with E-state index < -0.39 is 0 Å². The summed E-state index contributed by atoms with van der Waals surface area (Å²) >= 11 is 6.26. The first kappa shape index (κ1) is 17.3. The van der Waals surface area contributed by atoms with Gasteiger partial charge in [0, 0.05) is 12.1 Å². The van der Waals surface area contributed by atoms with Crippen molar-refractivity contribution in [2.75, 3.05) is 0 Å². The monoisotopic (exact) mass is 376 g/mol. The van der Waals surface area contributed by atoms with Crippen LogP contribution in [0, 0.1) is 6.92 Å². The summed E-state index contributed by atoms with van der Waals surface area (Å²) in [6.45, 7) is 2.13. The van der Waals surface area contributed by atoms with Crippen LogP contribution in [-0.4, -0.2) is 11.1 Å². The Labute approximate surface area is 161 Å². The molecule has 4 rings (SSSR count). The lowest BCUT2D eigenvalue weighted by Gasteiger charge is -2.08. The number of nitrogens with one attached hydrogen (secondary N) is 1. The number of rotatable bonds is 4. The average molecular weight is 377 g/mol. The zero-order chi connectivity index (χ0) is 18.8. The molecule has 5 heteroatoms. The Hall–Kier alpha value is -3.11. The number of carbonyl (C=O) groups is 1. The molecule has 0 aliphatic carbocycles. The highest BCUT2D eigenvalue weighted by Gasteiger charge is 2.22. The summed E-state index contributed by atoms with van der Waals surface area (Å²) < 4.78 is 5.27. The molecule has 1 N–H and O–H groups in total. The van der Waals surface area contributed by atoms with Gasteiger partial charge >= 0.3 is 0 Å². The fraction of sp³-hybridized carbons (Fsp3) is 0.0909. The lowest BCUT2D eigenvalue weighted by Crippen LogP contribution is -2.23. The van der Waals surface area contributed by atoms with Crippen molar-refractivity contribution in [3.63, 3.8) is 0 Å². The van der Waals surface area contributed by atoms with E-state index in [-0.39, 0.29) is 5.91 Å². The minimum atomic E-state index is -0.239. The normalized spacial score (nSPS) is 10.9.